The van der Waals surface area contributed by atoms with Gasteiger partial charge in [0.2, 0.25) is 0 Å². The van der Waals surface area contributed by atoms with E-state index in [1.54, 1.807) is 9.80 Å². The van der Waals surface area contributed by atoms with E-state index in [0.717, 1.165) is 38.8 Å². The van der Waals surface area contributed by atoms with E-state index in [-0.39, 0.29) is 24.4 Å². The number of amides is 2. The first-order chi connectivity index (χ1) is 17.1. The largest absolute Gasteiger partial charge is 0.442 e. The highest BCUT2D eigenvalue weighted by molar-refractivity contribution is 5.70. The van der Waals surface area contributed by atoms with Crippen LogP contribution < -0.4 is 0 Å². The van der Waals surface area contributed by atoms with E-state index < -0.39 is 0 Å². The molecule has 2 aliphatic rings. The quantitative estimate of drug-likeness (QED) is 0.205. The molecule has 0 aromatic rings. The first-order valence-electron chi connectivity index (χ1n) is 12.9. The van der Waals surface area contributed by atoms with E-state index in [0.29, 0.717) is 79.2 Å². The van der Waals surface area contributed by atoms with Gasteiger partial charge in [-0.2, -0.15) is 0 Å². The van der Waals surface area contributed by atoms with Crippen LogP contribution in [-0.4, -0.2) is 126 Å². The summed E-state index contributed by atoms with van der Waals surface area (Å²) in [6.45, 7) is 11.4. The van der Waals surface area contributed by atoms with E-state index in [9.17, 15) is 9.59 Å². The van der Waals surface area contributed by atoms with Gasteiger partial charge in [0, 0.05) is 13.1 Å². The predicted molar refractivity (Wildman–Crippen MR) is 128 cm³/mol. The fourth-order valence-corrected chi connectivity index (χ4v) is 3.59. The van der Waals surface area contributed by atoms with Gasteiger partial charge < -0.3 is 43.0 Å². The minimum Gasteiger partial charge on any atom is -0.442 e. The zero-order chi connectivity index (χ0) is 25.1. The van der Waals surface area contributed by atoms with Crippen LogP contribution in [0.2, 0.25) is 0 Å². The molecule has 0 aliphatic carbocycles. The maximum absolute atomic E-state index is 11.7. The van der Waals surface area contributed by atoms with Crippen LogP contribution in [0.25, 0.3) is 0 Å². The minimum absolute atomic E-state index is 0.200. The summed E-state index contributed by atoms with van der Waals surface area (Å²) >= 11 is 0. The SMILES string of the molecule is CCCCN1CC(COCCOCCOCCOCCOCC2CN(CCCC)C(=O)O2)OC1=O. The van der Waals surface area contributed by atoms with Crippen molar-refractivity contribution in [1.29, 1.82) is 0 Å². The van der Waals surface area contributed by atoms with Crippen molar-refractivity contribution in [3.63, 3.8) is 0 Å². The number of hydrogen-bond acceptors (Lipinski definition) is 9. The van der Waals surface area contributed by atoms with Crippen LogP contribution in [0.4, 0.5) is 9.59 Å². The Bertz CT molecular complexity index is 533. The molecule has 0 saturated carbocycles. The van der Waals surface area contributed by atoms with E-state index in [1.165, 1.54) is 0 Å². The first kappa shape index (κ1) is 29.6. The molecule has 0 radical (unpaired) electrons. The lowest BCUT2D eigenvalue weighted by molar-refractivity contribution is -0.0226. The van der Waals surface area contributed by atoms with Crippen molar-refractivity contribution >= 4 is 12.2 Å². The molecule has 35 heavy (non-hydrogen) atoms. The summed E-state index contributed by atoms with van der Waals surface area (Å²) in [6, 6.07) is 0. The number of ether oxygens (including phenoxy) is 7. The average molecular weight is 505 g/mol. The highest BCUT2D eigenvalue weighted by Gasteiger charge is 2.31. The van der Waals surface area contributed by atoms with E-state index >= 15 is 0 Å². The molecular weight excluding hydrogens is 460 g/mol. The summed E-state index contributed by atoms with van der Waals surface area (Å²) in [5, 5.41) is 0. The summed E-state index contributed by atoms with van der Waals surface area (Å²) in [5.41, 5.74) is 0. The molecular formula is C24H44N2O9. The minimum atomic E-state index is -0.248. The molecule has 204 valence electrons. The molecule has 2 rings (SSSR count). The Kier molecular flexibility index (Phi) is 15.7. The molecule has 0 aromatic heterocycles. The lowest BCUT2D eigenvalue weighted by atomic mass is 10.3. The van der Waals surface area contributed by atoms with Crippen LogP contribution in [0.1, 0.15) is 39.5 Å². The third-order valence-corrected chi connectivity index (χ3v) is 5.56. The van der Waals surface area contributed by atoms with E-state index in [2.05, 4.69) is 13.8 Å². The molecule has 0 bridgehead atoms. The van der Waals surface area contributed by atoms with Crippen molar-refractivity contribution in [3.8, 4) is 0 Å². The van der Waals surface area contributed by atoms with Crippen molar-refractivity contribution in [2.75, 3.05) is 92.2 Å². The number of nitrogens with zero attached hydrogens (tertiary/aromatic N) is 2. The Morgan fingerprint density at radius 2 is 0.971 bits per heavy atom. The summed E-state index contributed by atoms with van der Waals surface area (Å²) in [5.74, 6) is 0. The van der Waals surface area contributed by atoms with Crippen LogP contribution in [0.5, 0.6) is 0 Å². The van der Waals surface area contributed by atoms with Crippen LogP contribution in [0.3, 0.4) is 0 Å². The van der Waals surface area contributed by atoms with Crippen molar-refractivity contribution in [1.82, 2.24) is 9.80 Å². The molecule has 2 fully saturated rings. The maximum Gasteiger partial charge on any atom is 0.410 e. The van der Waals surface area contributed by atoms with Crippen LogP contribution in [0.15, 0.2) is 0 Å². The topological polar surface area (TPSA) is 105 Å². The molecule has 0 spiro atoms. The monoisotopic (exact) mass is 504 g/mol. The number of carbonyl (C=O) groups is 2. The van der Waals surface area contributed by atoms with Crippen molar-refractivity contribution in [2.45, 2.75) is 51.7 Å². The molecule has 2 saturated heterocycles. The van der Waals surface area contributed by atoms with Crippen LogP contribution in [0, 0.1) is 0 Å². The second kappa shape index (κ2) is 18.6. The second-order valence-electron chi connectivity index (χ2n) is 8.60. The van der Waals surface area contributed by atoms with E-state index in [1.807, 2.05) is 0 Å². The summed E-state index contributed by atoms with van der Waals surface area (Å²) < 4.78 is 38.1. The summed E-state index contributed by atoms with van der Waals surface area (Å²) in [6.07, 6.45) is 3.17. The molecule has 11 nitrogen and oxygen atoms in total. The molecule has 2 amide bonds. The zero-order valence-corrected chi connectivity index (χ0v) is 21.5. The zero-order valence-electron chi connectivity index (χ0n) is 21.5. The van der Waals surface area contributed by atoms with Gasteiger partial charge in [0.05, 0.1) is 79.2 Å². The van der Waals surface area contributed by atoms with Crippen molar-refractivity contribution in [3.05, 3.63) is 0 Å². The Morgan fingerprint density at radius 3 is 1.31 bits per heavy atom. The Labute approximate surface area is 209 Å². The van der Waals surface area contributed by atoms with Gasteiger partial charge in [-0.25, -0.2) is 9.59 Å². The lowest BCUT2D eigenvalue weighted by Crippen LogP contribution is -2.27. The van der Waals surface area contributed by atoms with Gasteiger partial charge in [0.1, 0.15) is 12.2 Å². The number of carbonyl (C=O) groups excluding carboxylic acids is 2. The van der Waals surface area contributed by atoms with Gasteiger partial charge in [-0.15, -0.1) is 0 Å². The molecule has 0 aromatic carbocycles. The lowest BCUT2D eigenvalue weighted by Gasteiger charge is -2.12. The van der Waals surface area contributed by atoms with Gasteiger partial charge in [-0.05, 0) is 12.8 Å². The fraction of sp³-hybridized carbons (Fsp3) is 0.917. The standard InChI is InChI=1S/C24H44N2O9/c1-3-5-7-25-17-21(34-23(25)27)19-32-15-13-30-11-9-29-10-12-31-14-16-33-20-22-18-26(8-6-4-2)24(28)35-22/h21-22H,3-20H2,1-2H3. The highest BCUT2D eigenvalue weighted by Crippen LogP contribution is 2.13. The summed E-state index contributed by atoms with van der Waals surface area (Å²) in [4.78, 5) is 26.9. The fourth-order valence-electron chi connectivity index (χ4n) is 3.59. The van der Waals surface area contributed by atoms with Crippen molar-refractivity contribution < 1.29 is 42.7 Å². The third kappa shape index (κ3) is 12.7. The molecule has 2 atom stereocenters. The van der Waals surface area contributed by atoms with Gasteiger partial charge in [-0.3, -0.25) is 0 Å². The summed E-state index contributed by atoms with van der Waals surface area (Å²) in [7, 11) is 0. The van der Waals surface area contributed by atoms with Crippen LogP contribution in [-0.2, 0) is 33.2 Å². The highest BCUT2D eigenvalue weighted by atomic mass is 16.6. The Morgan fingerprint density at radius 1 is 0.629 bits per heavy atom. The number of rotatable bonds is 22. The molecule has 11 heteroatoms. The number of hydrogen-bond donors (Lipinski definition) is 0. The second-order valence-corrected chi connectivity index (χ2v) is 8.60. The van der Waals surface area contributed by atoms with Crippen molar-refractivity contribution in [2.24, 2.45) is 0 Å². The third-order valence-electron chi connectivity index (χ3n) is 5.56. The molecule has 2 unspecified atom stereocenters. The van der Waals surface area contributed by atoms with Gasteiger partial charge >= 0.3 is 12.2 Å². The number of unbranched alkanes of at least 4 members (excludes halogenated alkanes) is 2. The van der Waals surface area contributed by atoms with Gasteiger partial charge in [0.15, 0.2) is 0 Å². The number of cyclic esters (lactones) is 2. The average Bonchev–Trinajstić information content (AvgIpc) is 3.39. The first-order valence-corrected chi connectivity index (χ1v) is 12.9. The molecule has 0 N–H and O–H groups in total. The predicted octanol–water partition coefficient (Wildman–Crippen LogP) is 2.31. The Hall–Kier alpha value is -1.66. The maximum atomic E-state index is 11.7. The van der Waals surface area contributed by atoms with Gasteiger partial charge in [-0.1, -0.05) is 26.7 Å². The van der Waals surface area contributed by atoms with Gasteiger partial charge in [0.25, 0.3) is 0 Å². The Balaban J connectivity index is 1.28. The van der Waals surface area contributed by atoms with E-state index in [4.69, 9.17) is 33.2 Å². The normalized spacial score (nSPS) is 20.1. The molecule has 2 heterocycles. The molecule has 2 aliphatic heterocycles. The van der Waals surface area contributed by atoms with Crippen LogP contribution >= 0.6 is 0 Å². The smallest absolute Gasteiger partial charge is 0.410 e.